The average molecular weight is 348 g/mol. The topological polar surface area (TPSA) is 29.1 Å². The molecule has 1 heterocycles. The molecule has 108 valence electrons. The molecule has 2 aromatic rings. The average Bonchev–Trinajstić information content (AvgIpc) is 2.68. The van der Waals surface area contributed by atoms with Gasteiger partial charge < -0.3 is 5.32 Å². The van der Waals surface area contributed by atoms with Gasteiger partial charge in [0.05, 0.1) is 4.47 Å². The number of carbonyl (C=O) groups is 1. The number of anilines is 1. The zero-order valence-corrected chi connectivity index (χ0v) is 13.4. The van der Waals surface area contributed by atoms with E-state index in [4.69, 9.17) is 0 Å². The third-order valence-corrected chi connectivity index (χ3v) is 4.80. The highest BCUT2D eigenvalue weighted by Crippen LogP contribution is 2.36. The standard InChI is InChI=1S/C17H15BrFNO/c1-10-6-7-14-12(8-10)16(21)17(2,20-14)9-11-4-3-5-13(19)15(11)18/h3-8,20H,9H2,1-2H3. The number of aryl methyl sites for hydroxylation is 1. The minimum atomic E-state index is -0.744. The third-order valence-electron chi connectivity index (χ3n) is 3.91. The van der Waals surface area contributed by atoms with Crippen molar-refractivity contribution in [2.75, 3.05) is 5.32 Å². The van der Waals surface area contributed by atoms with Crippen molar-refractivity contribution in [3.05, 3.63) is 63.4 Å². The molecule has 0 amide bonds. The first-order valence-corrected chi connectivity index (χ1v) is 7.56. The minimum Gasteiger partial charge on any atom is -0.372 e. The highest BCUT2D eigenvalue weighted by Gasteiger charge is 2.41. The van der Waals surface area contributed by atoms with Crippen molar-refractivity contribution in [3.63, 3.8) is 0 Å². The van der Waals surface area contributed by atoms with E-state index in [1.807, 2.05) is 38.1 Å². The van der Waals surface area contributed by atoms with E-state index in [1.165, 1.54) is 6.07 Å². The smallest absolute Gasteiger partial charge is 0.190 e. The predicted molar refractivity (Wildman–Crippen MR) is 85.3 cm³/mol. The Balaban J connectivity index is 1.97. The van der Waals surface area contributed by atoms with Gasteiger partial charge in [-0.25, -0.2) is 4.39 Å². The molecule has 1 atom stereocenters. The van der Waals surface area contributed by atoms with Crippen LogP contribution in [0, 0.1) is 12.7 Å². The lowest BCUT2D eigenvalue weighted by atomic mass is 9.88. The Kier molecular flexibility index (Phi) is 3.36. The number of fused-ring (bicyclic) bond motifs is 1. The fourth-order valence-electron chi connectivity index (χ4n) is 2.80. The number of carbonyl (C=O) groups excluding carboxylic acids is 1. The van der Waals surface area contributed by atoms with Crippen molar-refractivity contribution in [1.82, 2.24) is 0 Å². The first-order chi connectivity index (χ1) is 9.90. The van der Waals surface area contributed by atoms with Crippen LogP contribution in [0.1, 0.15) is 28.4 Å². The van der Waals surface area contributed by atoms with Gasteiger partial charge >= 0.3 is 0 Å². The van der Waals surface area contributed by atoms with Gasteiger partial charge in [0.25, 0.3) is 0 Å². The maximum absolute atomic E-state index is 13.6. The molecule has 1 aliphatic rings. The fourth-order valence-corrected chi connectivity index (χ4v) is 3.20. The Hall–Kier alpha value is -1.68. The number of ketones is 1. The molecular weight excluding hydrogens is 333 g/mol. The molecule has 2 aromatic carbocycles. The number of benzene rings is 2. The van der Waals surface area contributed by atoms with Crippen LogP contribution in [0.4, 0.5) is 10.1 Å². The Morgan fingerprint density at radius 3 is 2.81 bits per heavy atom. The van der Waals surface area contributed by atoms with Gasteiger partial charge in [0.1, 0.15) is 11.4 Å². The molecule has 0 spiro atoms. The first-order valence-electron chi connectivity index (χ1n) is 6.77. The second kappa shape index (κ2) is 4.95. The SMILES string of the molecule is Cc1ccc2c(c1)C(=O)C(C)(Cc1cccc(F)c1Br)N2. The van der Waals surface area contributed by atoms with Crippen molar-refractivity contribution < 1.29 is 9.18 Å². The molecule has 1 N–H and O–H groups in total. The van der Waals surface area contributed by atoms with Crippen LogP contribution in [0.3, 0.4) is 0 Å². The largest absolute Gasteiger partial charge is 0.372 e. The molecule has 0 saturated heterocycles. The summed E-state index contributed by atoms with van der Waals surface area (Å²) in [6, 6.07) is 10.7. The summed E-state index contributed by atoms with van der Waals surface area (Å²) in [5.74, 6) is -0.257. The highest BCUT2D eigenvalue weighted by molar-refractivity contribution is 9.10. The number of hydrogen-bond donors (Lipinski definition) is 1. The van der Waals surface area contributed by atoms with Crippen LogP contribution in [0.5, 0.6) is 0 Å². The zero-order chi connectivity index (χ0) is 15.2. The first kappa shape index (κ1) is 14.3. The monoisotopic (exact) mass is 347 g/mol. The summed E-state index contributed by atoms with van der Waals surface area (Å²) in [6.07, 6.45) is 0.428. The lowest BCUT2D eigenvalue weighted by Crippen LogP contribution is -2.40. The predicted octanol–water partition coefficient (Wildman–Crippen LogP) is 4.51. The maximum Gasteiger partial charge on any atom is 0.190 e. The van der Waals surface area contributed by atoms with E-state index in [2.05, 4.69) is 21.2 Å². The van der Waals surface area contributed by atoms with Crippen LogP contribution in [0.15, 0.2) is 40.9 Å². The Bertz CT molecular complexity index is 744. The van der Waals surface area contributed by atoms with Crippen molar-refractivity contribution in [2.45, 2.75) is 25.8 Å². The van der Waals surface area contributed by atoms with Crippen LogP contribution < -0.4 is 5.32 Å². The summed E-state index contributed by atoms with van der Waals surface area (Å²) < 4.78 is 14.1. The van der Waals surface area contributed by atoms with Crippen molar-refractivity contribution in [3.8, 4) is 0 Å². The fraction of sp³-hybridized carbons (Fsp3) is 0.235. The second-order valence-electron chi connectivity index (χ2n) is 5.72. The van der Waals surface area contributed by atoms with E-state index >= 15 is 0 Å². The molecule has 1 unspecified atom stereocenters. The maximum atomic E-state index is 13.6. The van der Waals surface area contributed by atoms with Crippen molar-refractivity contribution in [2.24, 2.45) is 0 Å². The molecule has 2 nitrogen and oxygen atoms in total. The van der Waals surface area contributed by atoms with E-state index in [0.29, 0.717) is 16.5 Å². The Labute approximate surface area is 131 Å². The van der Waals surface area contributed by atoms with Gasteiger partial charge in [0.15, 0.2) is 5.78 Å². The highest BCUT2D eigenvalue weighted by atomic mass is 79.9. The molecule has 4 heteroatoms. The summed E-state index contributed by atoms with van der Waals surface area (Å²) in [4.78, 5) is 12.7. The molecule has 0 radical (unpaired) electrons. The molecule has 1 aliphatic heterocycles. The minimum absolute atomic E-state index is 0.0531. The molecule has 21 heavy (non-hydrogen) atoms. The summed E-state index contributed by atoms with van der Waals surface area (Å²) in [5, 5.41) is 3.29. The number of Topliss-reactive ketones (excluding diaryl/α,β-unsaturated/α-hetero) is 1. The van der Waals surface area contributed by atoms with Gasteiger partial charge in [-0.15, -0.1) is 0 Å². The van der Waals surface area contributed by atoms with Gasteiger partial charge in [0.2, 0.25) is 0 Å². The van der Waals surface area contributed by atoms with Gasteiger partial charge in [0, 0.05) is 17.7 Å². The Morgan fingerprint density at radius 2 is 2.05 bits per heavy atom. The molecule has 0 bridgehead atoms. The quantitative estimate of drug-likeness (QED) is 0.865. The molecule has 0 aliphatic carbocycles. The number of hydrogen-bond acceptors (Lipinski definition) is 2. The van der Waals surface area contributed by atoms with E-state index in [1.54, 1.807) is 6.07 Å². The lowest BCUT2D eigenvalue weighted by molar-refractivity contribution is 0.0929. The summed E-state index contributed by atoms with van der Waals surface area (Å²) >= 11 is 3.26. The van der Waals surface area contributed by atoms with Crippen LogP contribution in [-0.4, -0.2) is 11.3 Å². The molecule has 0 aromatic heterocycles. The van der Waals surface area contributed by atoms with Crippen LogP contribution >= 0.6 is 15.9 Å². The Morgan fingerprint density at radius 1 is 1.29 bits per heavy atom. The van der Waals surface area contributed by atoms with Gasteiger partial charge in [-0.3, -0.25) is 4.79 Å². The number of nitrogens with one attached hydrogen (secondary N) is 1. The van der Waals surface area contributed by atoms with Gasteiger partial charge in [-0.1, -0.05) is 23.8 Å². The molecule has 0 fully saturated rings. The van der Waals surface area contributed by atoms with Crippen LogP contribution in [-0.2, 0) is 6.42 Å². The molecular formula is C17H15BrFNO. The third kappa shape index (κ3) is 2.38. The van der Waals surface area contributed by atoms with Gasteiger partial charge in [-0.05, 0) is 53.5 Å². The zero-order valence-electron chi connectivity index (χ0n) is 11.8. The van der Waals surface area contributed by atoms with E-state index in [9.17, 15) is 9.18 Å². The van der Waals surface area contributed by atoms with Crippen molar-refractivity contribution >= 4 is 27.4 Å². The number of halogens is 2. The summed E-state index contributed by atoms with van der Waals surface area (Å²) in [6.45, 7) is 3.83. The molecule has 3 rings (SSSR count). The van der Waals surface area contributed by atoms with Crippen LogP contribution in [0.2, 0.25) is 0 Å². The lowest BCUT2D eigenvalue weighted by Gasteiger charge is -2.24. The summed E-state index contributed by atoms with van der Waals surface area (Å²) in [5.41, 5.74) is 2.65. The normalized spacial score (nSPS) is 20.3. The van der Waals surface area contributed by atoms with E-state index in [0.717, 1.165) is 16.8 Å². The summed E-state index contributed by atoms with van der Waals surface area (Å²) in [7, 11) is 0. The van der Waals surface area contributed by atoms with Crippen LogP contribution in [0.25, 0.3) is 0 Å². The van der Waals surface area contributed by atoms with E-state index < -0.39 is 5.54 Å². The number of rotatable bonds is 2. The second-order valence-corrected chi connectivity index (χ2v) is 6.52. The van der Waals surface area contributed by atoms with E-state index in [-0.39, 0.29) is 11.6 Å². The van der Waals surface area contributed by atoms with Gasteiger partial charge in [-0.2, -0.15) is 0 Å². The molecule has 0 saturated carbocycles. The van der Waals surface area contributed by atoms with Crippen molar-refractivity contribution in [1.29, 1.82) is 0 Å².